The van der Waals surface area contributed by atoms with E-state index in [1.807, 2.05) is 48.5 Å². The van der Waals surface area contributed by atoms with E-state index < -0.39 is 24.0 Å². The number of benzene rings is 2. The molecule has 8 heteroatoms. The molecule has 0 unspecified atom stereocenters. The highest BCUT2D eigenvalue weighted by molar-refractivity contribution is 5.85. The van der Waals surface area contributed by atoms with Crippen LogP contribution in [0.3, 0.4) is 0 Å². The van der Waals surface area contributed by atoms with Crippen molar-refractivity contribution in [2.45, 2.75) is 32.1 Å². The first-order chi connectivity index (χ1) is 13.5. The molecule has 0 radical (unpaired) electrons. The number of carbonyl (C=O) groups is 3. The lowest BCUT2D eigenvalue weighted by molar-refractivity contribution is -0.139. The van der Waals surface area contributed by atoms with Crippen LogP contribution in [0.15, 0.2) is 60.7 Å². The highest BCUT2D eigenvalue weighted by Crippen LogP contribution is 2.04. The predicted octanol–water partition coefficient (Wildman–Crippen LogP) is 2.39. The van der Waals surface area contributed by atoms with Gasteiger partial charge in [0.2, 0.25) is 0 Å². The molecule has 0 spiro atoms. The Hall–Kier alpha value is -3.39. The first-order valence-electron chi connectivity index (χ1n) is 8.69. The molecule has 2 aromatic carbocycles. The van der Waals surface area contributed by atoms with Crippen LogP contribution in [0, 0.1) is 0 Å². The number of carbonyl (C=O) groups excluding carboxylic acids is 2. The molecule has 0 saturated heterocycles. The van der Waals surface area contributed by atoms with Gasteiger partial charge in [0.05, 0.1) is 6.61 Å². The normalized spacial score (nSPS) is 11.3. The first-order valence-corrected chi connectivity index (χ1v) is 8.69. The Morgan fingerprint density at radius 1 is 0.893 bits per heavy atom. The largest absolute Gasteiger partial charge is 0.481 e. The van der Waals surface area contributed by atoms with Gasteiger partial charge in [0.1, 0.15) is 12.6 Å². The Kier molecular flexibility index (Phi) is 8.48. The van der Waals surface area contributed by atoms with E-state index in [0.29, 0.717) is 0 Å². The van der Waals surface area contributed by atoms with E-state index in [1.165, 1.54) is 0 Å². The van der Waals surface area contributed by atoms with E-state index in [1.54, 1.807) is 12.1 Å². The molecular weight excluding hydrogens is 364 g/mol. The molecule has 1 atom stereocenters. The molecule has 2 aromatic rings. The fourth-order valence-electron chi connectivity index (χ4n) is 2.28. The van der Waals surface area contributed by atoms with Gasteiger partial charge >= 0.3 is 12.1 Å². The van der Waals surface area contributed by atoms with E-state index in [2.05, 4.69) is 10.8 Å². The summed E-state index contributed by atoms with van der Waals surface area (Å²) in [4.78, 5) is 40.2. The minimum atomic E-state index is -1.10. The molecule has 148 valence electrons. The summed E-state index contributed by atoms with van der Waals surface area (Å²) in [5.41, 5.74) is 3.87. The van der Waals surface area contributed by atoms with Crippen molar-refractivity contribution in [2.75, 3.05) is 0 Å². The second kappa shape index (κ2) is 11.3. The molecule has 3 N–H and O–H groups in total. The van der Waals surface area contributed by atoms with Crippen molar-refractivity contribution >= 4 is 18.0 Å². The van der Waals surface area contributed by atoms with Gasteiger partial charge in [-0.1, -0.05) is 60.7 Å². The lowest BCUT2D eigenvalue weighted by Crippen LogP contribution is -2.47. The topological polar surface area (TPSA) is 114 Å². The van der Waals surface area contributed by atoms with Crippen LogP contribution in [0.4, 0.5) is 4.79 Å². The summed E-state index contributed by atoms with van der Waals surface area (Å²) >= 11 is 0. The number of amides is 2. The summed E-state index contributed by atoms with van der Waals surface area (Å²) in [5, 5.41) is 11.2. The molecule has 0 aliphatic heterocycles. The van der Waals surface area contributed by atoms with E-state index in [0.717, 1.165) is 11.1 Å². The average molecular weight is 386 g/mol. The summed E-state index contributed by atoms with van der Waals surface area (Å²) in [6.07, 6.45) is -1.22. The molecule has 0 aromatic heterocycles. The molecule has 0 heterocycles. The first kappa shape index (κ1) is 20.9. The van der Waals surface area contributed by atoms with Gasteiger partial charge in [-0.15, -0.1) is 0 Å². The lowest BCUT2D eigenvalue weighted by Gasteiger charge is -2.17. The zero-order valence-corrected chi connectivity index (χ0v) is 15.2. The predicted molar refractivity (Wildman–Crippen MR) is 99.8 cm³/mol. The molecule has 8 nitrogen and oxygen atoms in total. The van der Waals surface area contributed by atoms with Crippen molar-refractivity contribution in [3.05, 3.63) is 71.8 Å². The van der Waals surface area contributed by atoms with Crippen LogP contribution in [0.1, 0.15) is 24.0 Å². The van der Waals surface area contributed by atoms with Gasteiger partial charge in [-0.3, -0.25) is 14.4 Å². The molecule has 0 bridgehead atoms. The van der Waals surface area contributed by atoms with E-state index >= 15 is 0 Å². The number of hydrogen-bond donors (Lipinski definition) is 3. The monoisotopic (exact) mass is 386 g/mol. The number of carboxylic acid groups (broad SMARTS) is 1. The summed E-state index contributed by atoms with van der Waals surface area (Å²) in [6, 6.07) is 17.1. The van der Waals surface area contributed by atoms with Crippen molar-refractivity contribution in [3.63, 3.8) is 0 Å². The van der Waals surface area contributed by atoms with Crippen LogP contribution in [0.2, 0.25) is 0 Å². The van der Waals surface area contributed by atoms with Crippen molar-refractivity contribution < 1.29 is 29.1 Å². The van der Waals surface area contributed by atoms with Crippen molar-refractivity contribution in [1.82, 2.24) is 10.8 Å². The highest BCUT2D eigenvalue weighted by Gasteiger charge is 2.22. The van der Waals surface area contributed by atoms with Crippen LogP contribution in [0.5, 0.6) is 0 Å². The number of ether oxygens (including phenoxy) is 1. The van der Waals surface area contributed by atoms with Gasteiger partial charge in [-0.25, -0.2) is 10.3 Å². The van der Waals surface area contributed by atoms with E-state index in [-0.39, 0.29) is 26.1 Å². The summed E-state index contributed by atoms with van der Waals surface area (Å²) in [7, 11) is 0. The third-order valence-electron chi connectivity index (χ3n) is 3.72. The fraction of sp³-hybridized carbons (Fsp3) is 0.250. The maximum Gasteiger partial charge on any atom is 0.408 e. The Morgan fingerprint density at radius 2 is 1.46 bits per heavy atom. The smallest absolute Gasteiger partial charge is 0.408 e. The number of aliphatic carboxylic acids is 1. The molecule has 28 heavy (non-hydrogen) atoms. The highest BCUT2D eigenvalue weighted by atomic mass is 16.7. The van der Waals surface area contributed by atoms with Crippen LogP contribution in [-0.4, -0.2) is 29.1 Å². The summed E-state index contributed by atoms with van der Waals surface area (Å²) in [6.45, 7) is 0.168. The zero-order chi connectivity index (χ0) is 20.2. The number of nitrogens with one attached hydrogen (secondary N) is 2. The SMILES string of the molecule is O=C(O)CC[C@H](NC(=O)OCc1ccccc1)C(=O)NOCc1ccccc1. The van der Waals surface area contributed by atoms with E-state index in [4.69, 9.17) is 14.7 Å². The Morgan fingerprint density at radius 3 is 2.04 bits per heavy atom. The van der Waals surface area contributed by atoms with Gasteiger partial charge in [0.25, 0.3) is 5.91 Å². The Bertz CT molecular complexity index is 767. The van der Waals surface area contributed by atoms with Crippen molar-refractivity contribution in [3.8, 4) is 0 Å². The third-order valence-corrected chi connectivity index (χ3v) is 3.72. The Balaban J connectivity index is 1.83. The van der Waals surface area contributed by atoms with Gasteiger partial charge in [-0.2, -0.15) is 0 Å². The van der Waals surface area contributed by atoms with Crippen LogP contribution >= 0.6 is 0 Å². The number of hydrogen-bond acceptors (Lipinski definition) is 5. The summed E-state index contributed by atoms with van der Waals surface area (Å²) < 4.78 is 5.07. The van der Waals surface area contributed by atoms with Gasteiger partial charge in [0, 0.05) is 6.42 Å². The number of alkyl carbamates (subject to hydrolysis) is 1. The molecule has 2 rings (SSSR count). The minimum Gasteiger partial charge on any atom is -0.481 e. The van der Waals surface area contributed by atoms with Crippen LogP contribution in [0.25, 0.3) is 0 Å². The molecular formula is C20H22N2O6. The second-order valence-electron chi connectivity index (χ2n) is 5.93. The van der Waals surface area contributed by atoms with Crippen LogP contribution in [-0.2, 0) is 32.4 Å². The average Bonchev–Trinajstić information content (AvgIpc) is 2.71. The maximum absolute atomic E-state index is 12.3. The quantitative estimate of drug-likeness (QED) is 0.540. The number of carboxylic acids is 1. The molecule has 0 saturated carbocycles. The van der Waals surface area contributed by atoms with Gasteiger partial charge < -0.3 is 15.2 Å². The molecule has 0 aliphatic rings. The van der Waals surface area contributed by atoms with Crippen LogP contribution < -0.4 is 10.8 Å². The van der Waals surface area contributed by atoms with Gasteiger partial charge in [0.15, 0.2) is 0 Å². The lowest BCUT2D eigenvalue weighted by atomic mass is 10.1. The molecule has 0 aliphatic carbocycles. The molecule has 2 amide bonds. The van der Waals surface area contributed by atoms with Crippen molar-refractivity contribution in [2.24, 2.45) is 0 Å². The van der Waals surface area contributed by atoms with Gasteiger partial charge in [-0.05, 0) is 17.5 Å². The Labute approximate surface area is 162 Å². The van der Waals surface area contributed by atoms with Crippen molar-refractivity contribution in [1.29, 1.82) is 0 Å². The minimum absolute atomic E-state index is 0.0322. The maximum atomic E-state index is 12.3. The van der Waals surface area contributed by atoms with E-state index in [9.17, 15) is 14.4 Å². The zero-order valence-electron chi connectivity index (χ0n) is 15.2. The summed E-state index contributed by atoms with van der Waals surface area (Å²) in [5.74, 6) is -1.74. The molecule has 0 fully saturated rings. The second-order valence-corrected chi connectivity index (χ2v) is 5.93. The number of hydroxylamine groups is 1. The third kappa shape index (κ3) is 7.88. The number of rotatable bonds is 10. The standard InChI is InChI=1S/C20H22N2O6/c23-18(24)12-11-17(19(25)22-28-14-16-9-5-2-6-10-16)21-20(26)27-13-15-7-3-1-4-8-15/h1-10,17H,11-14H2,(H,21,26)(H,22,25)(H,23,24)/t17-/m0/s1. The fourth-order valence-corrected chi connectivity index (χ4v) is 2.28.